The number of unbranched alkanes of at least 4 members (excludes halogenated alkanes) is 1. The third kappa shape index (κ3) is 6.54. The second-order valence-corrected chi connectivity index (χ2v) is 8.88. The van der Waals surface area contributed by atoms with Gasteiger partial charge in [-0.05, 0) is 44.9 Å². The fourth-order valence-electron chi connectivity index (χ4n) is 3.74. The molecule has 0 spiro atoms. The Bertz CT molecular complexity index is 382. The second kappa shape index (κ2) is 10.4. The molecule has 1 saturated carbocycles. The summed E-state index contributed by atoms with van der Waals surface area (Å²) in [4.78, 5) is 13.7. The lowest BCUT2D eigenvalue weighted by atomic mass is 9.97. The molecule has 3 atom stereocenters. The lowest BCUT2D eigenvalue weighted by molar-refractivity contribution is -0.904. The van der Waals surface area contributed by atoms with Gasteiger partial charge in [0.05, 0.1) is 31.3 Å². The van der Waals surface area contributed by atoms with E-state index in [9.17, 15) is 9.00 Å². The summed E-state index contributed by atoms with van der Waals surface area (Å²) in [7, 11) is -0.843. The molecule has 1 N–H and O–H groups in total. The Labute approximate surface area is 143 Å². The second-order valence-electron chi connectivity index (χ2n) is 7.10. The molecule has 134 valence electrons. The van der Waals surface area contributed by atoms with Crippen molar-refractivity contribution in [2.75, 3.05) is 25.4 Å². The zero-order chi connectivity index (χ0) is 16.5. The van der Waals surface area contributed by atoms with Gasteiger partial charge in [-0.25, -0.2) is 0 Å². The maximum absolute atomic E-state index is 12.5. The molecule has 2 fully saturated rings. The summed E-state index contributed by atoms with van der Waals surface area (Å²) in [5.74, 6) is 0.681. The van der Waals surface area contributed by atoms with Crippen LogP contribution in [0.5, 0.6) is 0 Å². The van der Waals surface area contributed by atoms with Crippen molar-refractivity contribution in [1.29, 1.82) is 0 Å². The van der Waals surface area contributed by atoms with Gasteiger partial charge >= 0.3 is 5.97 Å². The summed E-state index contributed by atoms with van der Waals surface area (Å²) >= 11 is 0. The van der Waals surface area contributed by atoms with Crippen molar-refractivity contribution >= 4 is 16.8 Å². The fourth-order valence-corrected chi connectivity index (χ4v) is 5.58. The van der Waals surface area contributed by atoms with Crippen LogP contribution in [0.25, 0.3) is 0 Å². The number of hydrogen-bond donors (Lipinski definition) is 1. The Kier molecular flexibility index (Phi) is 8.59. The standard InChI is InChI=1S/C18H33NO3S/c1-2-3-15-23(21)17-10-6-5-9-16(17)22-18(20)11-14-19-12-7-4-8-13-19/h16-17H,2-15H2,1H3/p+1/t16-,17+,23-/m0/s1. The predicted molar refractivity (Wildman–Crippen MR) is 94.1 cm³/mol. The summed E-state index contributed by atoms with van der Waals surface area (Å²) in [6.07, 6.45) is 10.4. The largest absolute Gasteiger partial charge is 0.461 e. The Morgan fingerprint density at radius 3 is 2.61 bits per heavy atom. The Hall–Kier alpha value is -0.420. The van der Waals surface area contributed by atoms with Crippen LogP contribution < -0.4 is 4.90 Å². The topological polar surface area (TPSA) is 47.8 Å². The third-order valence-corrected chi connectivity index (χ3v) is 7.11. The van der Waals surface area contributed by atoms with Crippen LogP contribution in [0.2, 0.25) is 0 Å². The highest BCUT2D eigenvalue weighted by atomic mass is 32.2. The van der Waals surface area contributed by atoms with E-state index in [1.165, 1.54) is 32.4 Å². The van der Waals surface area contributed by atoms with Gasteiger partial charge in [-0.2, -0.15) is 0 Å². The number of ether oxygens (including phenoxy) is 1. The number of nitrogens with one attached hydrogen (secondary N) is 1. The van der Waals surface area contributed by atoms with Gasteiger partial charge in [-0.3, -0.25) is 9.00 Å². The summed E-state index contributed by atoms with van der Waals surface area (Å²) in [5, 5.41) is 0.0709. The van der Waals surface area contributed by atoms with E-state index in [2.05, 4.69) is 6.92 Å². The number of likely N-dealkylation sites (tertiary alicyclic amines) is 1. The zero-order valence-electron chi connectivity index (χ0n) is 14.7. The van der Waals surface area contributed by atoms with Gasteiger partial charge < -0.3 is 9.64 Å². The van der Waals surface area contributed by atoms with Crippen LogP contribution in [0, 0.1) is 0 Å². The summed E-state index contributed by atoms with van der Waals surface area (Å²) in [5.41, 5.74) is 0. The number of rotatable bonds is 8. The van der Waals surface area contributed by atoms with Gasteiger partial charge in [0.1, 0.15) is 6.10 Å². The molecule has 2 rings (SSSR count). The number of carbonyl (C=O) groups is 1. The zero-order valence-corrected chi connectivity index (χ0v) is 15.5. The van der Waals surface area contributed by atoms with E-state index in [-0.39, 0.29) is 17.3 Å². The average molecular weight is 345 g/mol. The first kappa shape index (κ1) is 18.9. The van der Waals surface area contributed by atoms with E-state index < -0.39 is 10.8 Å². The molecule has 0 bridgehead atoms. The predicted octanol–water partition coefficient (Wildman–Crippen LogP) is 1.85. The molecule has 0 unspecified atom stereocenters. The number of piperidine rings is 1. The molecule has 5 heteroatoms. The maximum Gasteiger partial charge on any atom is 0.311 e. The minimum Gasteiger partial charge on any atom is -0.461 e. The highest BCUT2D eigenvalue weighted by Gasteiger charge is 2.32. The first-order valence-corrected chi connectivity index (χ1v) is 11.0. The minimum absolute atomic E-state index is 0.0709. The quantitative estimate of drug-likeness (QED) is 0.684. The molecule has 0 aromatic carbocycles. The van der Waals surface area contributed by atoms with Crippen LogP contribution >= 0.6 is 0 Å². The van der Waals surface area contributed by atoms with Crippen LogP contribution in [0.1, 0.15) is 71.1 Å². The molecular weight excluding hydrogens is 310 g/mol. The van der Waals surface area contributed by atoms with E-state index in [0.717, 1.165) is 50.8 Å². The van der Waals surface area contributed by atoms with Crippen molar-refractivity contribution in [3.8, 4) is 0 Å². The SMILES string of the molecule is CCCC[S@](=O)[C@@H]1CCCC[C@@H]1OC(=O)CC[NH+]1CCCCC1. The van der Waals surface area contributed by atoms with Gasteiger partial charge in [0.2, 0.25) is 0 Å². The molecule has 0 radical (unpaired) electrons. The average Bonchev–Trinajstić information content (AvgIpc) is 2.59. The minimum atomic E-state index is -0.843. The molecule has 1 saturated heterocycles. The molecular formula is C18H34NO3S+. The summed E-state index contributed by atoms with van der Waals surface area (Å²) in [6, 6.07) is 0. The summed E-state index contributed by atoms with van der Waals surface area (Å²) < 4.78 is 18.2. The van der Waals surface area contributed by atoms with Crippen molar-refractivity contribution in [2.24, 2.45) is 0 Å². The Balaban J connectivity index is 1.75. The molecule has 1 heterocycles. The van der Waals surface area contributed by atoms with E-state index >= 15 is 0 Å². The van der Waals surface area contributed by atoms with E-state index in [0.29, 0.717) is 6.42 Å². The van der Waals surface area contributed by atoms with Crippen molar-refractivity contribution in [3.63, 3.8) is 0 Å². The first-order chi connectivity index (χ1) is 11.2. The van der Waals surface area contributed by atoms with Crippen molar-refractivity contribution in [2.45, 2.75) is 82.5 Å². The van der Waals surface area contributed by atoms with Gasteiger partial charge in [0, 0.05) is 16.6 Å². The molecule has 0 aromatic heterocycles. The molecule has 4 nitrogen and oxygen atoms in total. The normalized spacial score (nSPS) is 27.5. The summed E-state index contributed by atoms with van der Waals surface area (Å²) in [6.45, 7) is 5.41. The molecule has 1 aliphatic heterocycles. The van der Waals surface area contributed by atoms with Gasteiger partial charge in [-0.15, -0.1) is 0 Å². The molecule has 2 aliphatic rings. The van der Waals surface area contributed by atoms with Gasteiger partial charge in [0.25, 0.3) is 0 Å². The number of quaternary nitrogens is 1. The Morgan fingerprint density at radius 2 is 1.87 bits per heavy atom. The fraction of sp³-hybridized carbons (Fsp3) is 0.944. The van der Waals surface area contributed by atoms with Crippen molar-refractivity contribution in [3.05, 3.63) is 0 Å². The van der Waals surface area contributed by atoms with Gasteiger partial charge in [-0.1, -0.05) is 19.8 Å². The molecule has 0 aromatic rings. The number of esters is 1. The molecule has 1 aliphatic carbocycles. The first-order valence-electron chi connectivity index (χ1n) is 9.61. The van der Waals surface area contributed by atoms with Crippen LogP contribution in [-0.4, -0.2) is 46.9 Å². The number of hydrogen-bond acceptors (Lipinski definition) is 3. The van der Waals surface area contributed by atoms with Crippen LogP contribution in [0.3, 0.4) is 0 Å². The maximum atomic E-state index is 12.5. The number of carbonyl (C=O) groups excluding carboxylic acids is 1. The van der Waals surface area contributed by atoms with Crippen LogP contribution in [0.4, 0.5) is 0 Å². The van der Waals surface area contributed by atoms with E-state index in [1.54, 1.807) is 4.90 Å². The van der Waals surface area contributed by atoms with Crippen molar-refractivity contribution < 1.29 is 18.6 Å². The highest BCUT2D eigenvalue weighted by molar-refractivity contribution is 7.85. The highest BCUT2D eigenvalue weighted by Crippen LogP contribution is 2.26. The monoisotopic (exact) mass is 344 g/mol. The van der Waals surface area contributed by atoms with Gasteiger partial charge in [0.15, 0.2) is 0 Å². The molecule has 0 amide bonds. The van der Waals surface area contributed by atoms with E-state index in [4.69, 9.17) is 4.74 Å². The lowest BCUT2D eigenvalue weighted by Gasteiger charge is -2.31. The van der Waals surface area contributed by atoms with E-state index in [1.807, 2.05) is 0 Å². The molecule has 23 heavy (non-hydrogen) atoms. The Morgan fingerprint density at radius 1 is 1.13 bits per heavy atom. The van der Waals surface area contributed by atoms with Crippen molar-refractivity contribution in [1.82, 2.24) is 0 Å². The van der Waals surface area contributed by atoms with Crippen LogP contribution in [0.15, 0.2) is 0 Å². The lowest BCUT2D eigenvalue weighted by Crippen LogP contribution is -3.12. The van der Waals surface area contributed by atoms with Crippen LogP contribution in [-0.2, 0) is 20.3 Å². The third-order valence-electron chi connectivity index (χ3n) is 5.20. The smallest absolute Gasteiger partial charge is 0.311 e.